The number of pyridine rings is 1. The minimum absolute atomic E-state index is 0.114. The molecule has 2 aromatic carbocycles. The van der Waals surface area contributed by atoms with Crippen molar-refractivity contribution in [2.75, 3.05) is 19.8 Å². The highest BCUT2D eigenvalue weighted by Gasteiger charge is 2.15. The number of thiophene rings is 1. The summed E-state index contributed by atoms with van der Waals surface area (Å²) in [5.41, 5.74) is 1.90. The Bertz CT molecular complexity index is 1240. The Morgan fingerprint density at radius 2 is 1.81 bits per heavy atom. The SMILES string of the molecule is CCOc1ccc(CCNC(=O)c2cc3c(Cl)nc4ccccc4c3s2)cc1OCC. The summed E-state index contributed by atoms with van der Waals surface area (Å²) in [5.74, 6) is 1.35. The average Bonchev–Trinajstić information content (AvgIpc) is 3.22. The number of fused-ring (bicyclic) bond motifs is 3. The third-order valence-electron chi connectivity index (χ3n) is 4.85. The maximum Gasteiger partial charge on any atom is 0.261 e. The van der Waals surface area contributed by atoms with Gasteiger partial charge in [-0.15, -0.1) is 11.3 Å². The molecule has 0 atom stereocenters. The summed E-state index contributed by atoms with van der Waals surface area (Å²) in [5, 5.41) is 5.23. The zero-order valence-corrected chi connectivity index (χ0v) is 19.0. The number of ether oxygens (including phenoxy) is 2. The number of carbonyl (C=O) groups is 1. The highest BCUT2D eigenvalue weighted by atomic mass is 35.5. The predicted molar refractivity (Wildman–Crippen MR) is 127 cm³/mol. The number of hydrogen-bond donors (Lipinski definition) is 1. The smallest absolute Gasteiger partial charge is 0.261 e. The van der Waals surface area contributed by atoms with E-state index >= 15 is 0 Å². The molecule has 0 unspecified atom stereocenters. The van der Waals surface area contributed by atoms with E-state index < -0.39 is 0 Å². The van der Waals surface area contributed by atoms with Gasteiger partial charge in [0, 0.05) is 22.0 Å². The lowest BCUT2D eigenvalue weighted by Crippen LogP contribution is -2.24. The Kier molecular flexibility index (Phi) is 6.59. The van der Waals surface area contributed by atoms with Gasteiger partial charge in [0.25, 0.3) is 5.91 Å². The van der Waals surface area contributed by atoms with Crippen molar-refractivity contribution in [3.63, 3.8) is 0 Å². The van der Waals surface area contributed by atoms with Crippen LogP contribution >= 0.6 is 22.9 Å². The van der Waals surface area contributed by atoms with Crippen molar-refractivity contribution in [1.29, 1.82) is 0 Å². The molecule has 2 heterocycles. The fourth-order valence-corrected chi connectivity index (χ4v) is 4.85. The molecule has 0 saturated heterocycles. The minimum Gasteiger partial charge on any atom is -0.490 e. The predicted octanol–water partition coefficient (Wildman–Crippen LogP) is 5.87. The monoisotopic (exact) mass is 454 g/mol. The molecule has 0 aliphatic heterocycles. The molecular formula is C24H23ClN2O3S. The van der Waals surface area contributed by atoms with E-state index in [1.54, 1.807) is 0 Å². The van der Waals surface area contributed by atoms with Gasteiger partial charge >= 0.3 is 0 Å². The number of rotatable bonds is 8. The first kappa shape index (κ1) is 21.4. The van der Waals surface area contributed by atoms with Crippen LogP contribution in [0.4, 0.5) is 0 Å². The van der Waals surface area contributed by atoms with Gasteiger partial charge in [-0.05, 0) is 50.1 Å². The standard InChI is InChI=1S/C24H23ClN2O3S/c1-3-29-19-10-9-15(13-20(19)30-4-2)11-12-26-24(28)21-14-17-22(31-21)16-7-5-6-8-18(16)27-23(17)25/h5-10,13-14H,3-4,11-12H2,1-2H3,(H,26,28). The zero-order valence-electron chi connectivity index (χ0n) is 17.4. The third kappa shape index (κ3) is 4.60. The van der Waals surface area contributed by atoms with Crippen LogP contribution in [0.1, 0.15) is 29.1 Å². The van der Waals surface area contributed by atoms with Gasteiger partial charge < -0.3 is 14.8 Å². The van der Waals surface area contributed by atoms with E-state index in [1.165, 1.54) is 11.3 Å². The van der Waals surface area contributed by atoms with Crippen LogP contribution in [0, 0.1) is 0 Å². The van der Waals surface area contributed by atoms with Gasteiger partial charge in [-0.2, -0.15) is 0 Å². The fraction of sp³-hybridized carbons (Fsp3) is 0.250. The minimum atomic E-state index is -0.114. The van der Waals surface area contributed by atoms with Gasteiger partial charge in [0.05, 0.1) is 23.6 Å². The Balaban J connectivity index is 1.47. The van der Waals surface area contributed by atoms with Crippen molar-refractivity contribution < 1.29 is 14.3 Å². The fourth-order valence-electron chi connectivity index (χ4n) is 3.44. The Hall–Kier alpha value is -2.83. The summed E-state index contributed by atoms with van der Waals surface area (Å²) in [6.45, 7) is 5.55. The molecule has 1 amide bonds. The first-order valence-corrected chi connectivity index (χ1v) is 11.4. The lowest BCUT2D eigenvalue weighted by Gasteiger charge is -2.12. The first-order chi connectivity index (χ1) is 15.1. The molecular weight excluding hydrogens is 432 g/mol. The Labute approximate surface area is 190 Å². The van der Waals surface area contributed by atoms with E-state index in [0.29, 0.717) is 36.2 Å². The van der Waals surface area contributed by atoms with Crippen LogP contribution in [-0.4, -0.2) is 30.6 Å². The van der Waals surface area contributed by atoms with Crippen LogP contribution in [0.3, 0.4) is 0 Å². The van der Waals surface area contributed by atoms with Crippen molar-refractivity contribution >= 4 is 49.8 Å². The molecule has 7 heteroatoms. The number of nitrogens with zero attached hydrogens (tertiary/aromatic N) is 1. The second kappa shape index (κ2) is 9.54. The number of benzene rings is 2. The number of halogens is 1. The lowest BCUT2D eigenvalue weighted by atomic mass is 10.1. The summed E-state index contributed by atoms with van der Waals surface area (Å²) in [4.78, 5) is 17.8. The summed E-state index contributed by atoms with van der Waals surface area (Å²) >= 11 is 7.79. The molecule has 0 saturated carbocycles. The van der Waals surface area contributed by atoms with Crippen LogP contribution in [0.2, 0.25) is 5.15 Å². The van der Waals surface area contributed by atoms with E-state index in [4.69, 9.17) is 21.1 Å². The van der Waals surface area contributed by atoms with Gasteiger partial charge in [0.2, 0.25) is 0 Å². The number of amides is 1. The molecule has 2 aromatic heterocycles. The maximum atomic E-state index is 12.8. The van der Waals surface area contributed by atoms with Gasteiger partial charge in [-0.1, -0.05) is 35.9 Å². The van der Waals surface area contributed by atoms with Gasteiger partial charge in [0.15, 0.2) is 11.5 Å². The second-order valence-electron chi connectivity index (χ2n) is 6.93. The topological polar surface area (TPSA) is 60.5 Å². The Morgan fingerprint density at radius 1 is 1.03 bits per heavy atom. The zero-order chi connectivity index (χ0) is 21.8. The number of para-hydroxylation sites is 1. The number of nitrogens with one attached hydrogen (secondary N) is 1. The van der Waals surface area contributed by atoms with Crippen molar-refractivity contribution in [2.24, 2.45) is 0 Å². The summed E-state index contributed by atoms with van der Waals surface area (Å²) < 4.78 is 12.3. The van der Waals surface area contributed by atoms with E-state index in [0.717, 1.165) is 38.1 Å². The van der Waals surface area contributed by atoms with E-state index in [2.05, 4.69) is 10.3 Å². The molecule has 0 fully saturated rings. The molecule has 4 aromatic rings. The van der Waals surface area contributed by atoms with E-state index in [-0.39, 0.29) is 5.91 Å². The summed E-state index contributed by atoms with van der Waals surface area (Å²) in [6.07, 6.45) is 0.689. The van der Waals surface area contributed by atoms with Crippen LogP contribution < -0.4 is 14.8 Å². The molecule has 0 aliphatic rings. The molecule has 31 heavy (non-hydrogen) atoms. The van der Waals surface area contributed by atoms with Crippen LogP contribution in [0.15, 0.2) is 48.5 Å². The first-order valence-electron chi connectivity index (χ1n) is 10.2. The molecule has 1 N–H and O–H groups in total. The average molecular weight is 455 g/mol. The van der Waals surface area contributed by atoms with E-state index in [9.17, 15) is 4.79 Å². The van der Waals surface area contributed by atoms with Crippen LogP contribution in [-0.2, 0) is 6.42 Å². The lowest BCUT2D eigenvalue weighted by molar-refractivity contribution is 0.0958. The summed E-state index contributed by atoms with van der Waals surface area (Å²) in [6, 6.07) is 15.5. The molecule has 160 valence electrons. The molecule has 0 aliphatic carbocycles. The molecule has 0 radical (unpaired) electrons. The third-order valence-corrected chi connectivity index (χ3v) is 6.31. The number of aromatic nitrogens is 1. The van der Waals surface area contributed by atoms with Gasteiger partial charge in [-0.3, -0.25) is 4.79 Å². The van der Waals surface area contributed by atoms with Crippen molar-refractivity contribution in [2.45, 2.75) is 20.3 Å². The molecule has 5 nitrogen and oxygen atoms in total. The van der Waals surface area contributed by atoms with E-state index in [1.807, 2.05) is 62.4 Å². The van der Waals surface area contributed by atoms with Gasteiger partial charge in [-0.25, -0.2) is 4.98 Å². The van der Waals surface area contributed by atoms with Crippen LogP contribution in [0.25, 0.3) is 21.0 Å². The highest BCUT2D eigenvalue weighted by Crippen LogP contribution is 2.35. The van der Waals surface area contributed by atoms with Crippen molar-refractivity contribution in [3.05, 3.63) is 64.1 Å². The number of carbonyl (C=O) groups excluding carboxylic acids is 1. The van der Waals surface area contributed by atoms with Gasteiger partial charge in [0.1, 0.15) is 5.15 Å². The normalized spacial score (nSPS) is 11.1. The maximum absolute atomic E-state index is 12.8. The number of hydrogen-bond acceptors (Lipinski definition) is 5. The van der Waals surface area contributed by atoms with Crippen molar-refractivity contribution in [3.8, 4) is 11.5 Å². The molecule has 4 rings (SSSR count). The quantitative estimate of drug-likeness (QED) is 0.338. The second-order valence-corrected chi connectivity index (χ2v) is 8.34. The van der Waals surface area contributed by atoms with Crippen molar-refractivity contribution in [1.82, 2.24) is 10.3 Å². The Morgan fingerprint density at radius 3 is 2.61 bits per heavy atom. The largest absolute Gasteiger partial charge is 0.490 e. The van der Waals surface area contributed by atoms with Crippen LogP contribution in [0.5, 0.6) is 11.5 Å². The molecule has 0 spiro atoms. The molecule has 0 bridgehead atoms. The highest BCUT2D eigenvalue weighted by molar-refractivity contribution is 7.21. The summed E-state index contributed by atoms with van der Waals surface area (Å²) in [7, 11) is 0.